The molecule has 3 rings (SSSR count). The summed E-state index contributed by atoms with van der Waals surface area (Å²) in [4.78, 5) is 13.6. The van der Waals surface area contributed by atoms with Crippen LogP contribution in [0.1, 0.15) is 25.6 Å². The Morgan fingerprint density at radius 3 is 2.79 bits per heavy atom. The quantitative estimate of drug-likeness (QED) is 0.935. The molecule has 0 amide bonds. The van der Waals surface area contributed by atoms with Crippen LogP contribution < -0.4 is 10.6 Å². The van der Waals surface area contributed by atoms with Crippen molar-refractivity contribution in [1.29, 1.82) is 0 Å². The van der Waals surface area contributed by atoms with Crippen molar-refractivity contribution in [1.82, 2.24) is 9.97 Å². The largest absolute Gasteiger partial charge is 0.352 e. The summed E-state index contributed by atoms with van der Waals surface area (Å²) < 4.78 is 0. The van der Waals surface area contributed by atoms with Crippen molar-refractivity contribution in [3.8, 4) is 0 Å². The zero-order chi connectivity index (χ0) is 13.6. The van der Waals surface area contributed by atoms with Crippen molar-refractivity contribution in [2.45, 2.75) is 32.7 Å². The van der Waals surface area contributed by atoms with Crippen LogP contribution >= 0.6 is 11.3 Å². The molecule has 0 aliphatic carbocycles. The number of nitrogens with zero attached hydrogens (tertiary/aromatic N) is 3. The lowest BCUT2D eigenvalue weighted by atomic mass is 9.80. The predicted octanol–water partition coefficient (Wildman–Crippen LogP) is 2.43. The maximum absolute atomic E-state index is 6.37. The van der Waals surface area contributed by atoms with Crippen LogP contribution in [0.2, 0.25) is 0 Å². The van der Waals surface area contributed by atoms with Crippen molar-refractivity contribution in [2.24, 2.45) is 11.7 Å². The van der Waals surface area contributed by atoms with Crippen LogP contribution in [-0.4, -0.2) is 28.6 Å². The molecule has 2 N–H and O–H groups in total. The average Bonchev–Trinajstić information content (AvgIpc) is 2.77. The zero-order valence-electron chi connectivity index (χ0n) is 11.7. The highest BCUT2D eigenvalue weighted by atomic mass is 32.1. The van der Waals surface area contributed by atoms with Gasteiger partial charge in [0.05, 0.1) is 10.9 Å². The topological polar surface area (TPSA) is 55.0 Å². The summed E-state index contributed by atoms with van der Waals surface area (Å²) in [6, 6.07) is 2.22. The Labute approximate surface area is 117 Å². The van der Waals surface area contributed by atoms with Gasteiger partial charge in [-0.25, -0.2) is 9.97 Å². The molecule has 0 unspecified atom stereocenters. The minimum atomic E-state index is -0.0686. The molecule has 0 spiro atoms. The normalized spacial score (nSPS) is 18.1. The number of hydrogen-bond donors (Lipinski definition) is 1. The third kappa shape index (κ3) is 2.01. The Hall–Kier alpha value is -1.20. The van der Waals surface area contributed by atoms with Crippen molar-refractivity contribution in [3.63, 3.8) is 0 Å². The first-order valence-corrected chi connectivity index (χ1v) is 7.62. The number of rotatable bonds is 3. The second-order valence-electron chi connectivity index (χ2n) is 5.73. The van der Waals surface area contributed by atoms with E-state index in [0.29, 0.717) is 5.92 Å². The van der Waals surface area contributed by atoms with Gasteiger partial charge in [-0.3, -0.25) is 0 Å². The van der Waals surface area contributed by atoms with Crippen LogP contribution in [0.15, 0.2) is 12.4 Å². The van der Waals surface area contributed by atoms with Gasteiger partial charge in [-0.05, 0) is 18.4 Å². The highest BCUT2D eigenvalue weighted by molar-refractivity contribution is 7.18. The minimum absolute atomic E-state index is 0.0686. The van der Waals surface area contributed by atoms with Crippen LogP contribution in [0.4, 0.5) is 5.82 Å². The molecule has 0 saturated carbocycles. The minimum Gasteiger partial charge on any atom is -0.352 e. The fourth-order valence-electron chi connectivity index (χ4n) is 2.50. The molecule has 1 aliphatic rings. The molecule has 2 aromatic heterocycles. The maximum atomic E-state index is 6.37. The molecule has 0 atom stereocenters. The van der Waals surface area contributed by atoms with Crippen LogP contribution in [-0.2, 0) is 6.42 Å². The fraction of sp³-hybridized carbons (Fsp3) is 0.571. The van der Waals surface area contributed by atoms with Crippen LogP contribution in [0.3, 0.4) is 0 Å². The Morgan fingerprint density at radius 2 is 2.16 bits per heavy atom. The number of aromatic nitrogens is 2. The highest BCUT2D eigenvalue weighted by Gasteiger charge is 2.43. The van der Waals surface area contributed by atoms with Crippen molar-refractivity contribution in [3.05, 3.63) is 17.3 Å². The van der Waals surface area contributed by atoms with E-state index in [1.54, 1.807) is 17.7 Å². The second kappa shape index (κ2) is 4.42. The van der Waals surface area contributed by atoms with E-state index in [2.05, 4.69) is 41.7 Å². The molecule has 0 radical (unpaired) electrons. The summed E-state index contributed by atoms with van der Waals surface area (Å²) in [5.74, 6) is 1.54. The summed E-state index contributed by atoms with van der Waals surface area (Å²) in [7, 11) is 0. The molecular weight excluding hydrogens is 256 g/mol. The number of anilines is 1. The molecule has 3 heterocycles. The molecule has 1 aliphatic heterocycles. The van der Waals surface area contributed by atoms with Crippen molar-refractivity contribution in [2.75, 3.05) is 18.0 Å². The first kappa shape index (κ1) is 12.8. The predicted molar refractivity (Wildman–Crippen MR) is 80.8 cm³/mol. The lowest BCUT2D eigenvalue weighted by Gasteiger charge is -2.51. The Balaban J connectivity index is 1.92. The van der Waals surface area contributed by atoms with Gasteiger partial charge in [-0.1, -0.05) is 20.8 Å². The van der Waals surface area contributed by atoms with Crippen LogP contribution in [0, 0.1) is 5.92 Å². The summed E-state index contributed by atoms with van der Waals surface area (Å²) >= 11 is 1.76. The standard InChI is InChI=1S/C14H20N4S/c1-4-10-5-11-12(16-8-17-13(11)19-10)18-6-14(15,7-18)9(2)3/h5,8-9H,4,6-7,15H2,1-3H3. The van der Waals surface area contributed by atoms with Gasteiger partial charge >= 0.3 is 0 Å². The summed E-state index contributed by atoms with van der Waals surface area (Å²) in [5, 5.41) is 1.18. The van der Waals surface area contributed by atoms with Crippen LogP contribution in [0.25, 0.3) is 10.2 Å². The Morgan fingerprint density at radius 1 is 1.42 bits per heavy atom. The van der Waals surface area contributed by atoms with Gasteiger partial charge in [0.15, 0.2) is 0 Å². The summed E-state index contributed by atoms with van der Waals surface area (Å²) in [6.45, 7) is 8.31. The van der Waals surface area contributed by atoms with Crippen molar-refractivity contribution >= 4 is 27.4 Å². The van der Waals surface area contributed by atoms with Gasteiger partial charge < -0.3 is 10.6 Å². The fourth-order valence-corrected chi connectivity index (χ4v) is 3.43. The van der Waals surface area contributed by atoms with E-state index in [1.807, 2.05) is 0 Å². The van der Waals surface area contributed by atoms with Gasteiger partial charge in [-0.15, -0.1) is 11.3 Å². The van der Waals surface area contributed by atoms with E-state index in [4.69, 9.17) is 5.73 Å². The van der Waals surface area contributed by atoms with E-state index in [0.717, 1.165) is 30.2 Å². The maximum Gasteiger partial charge on any atom is 0.140 e. The Bertz CT molecular complexity index is 599. The second-order valence-corrected chi connectivity index (χ2v) is 6.84. The molecule has 1 fully saturated rings. The van der Waals surface area contributed by atoms with E-state index in [-0.39, 0.29) is 5.54 Å². The lowest BCUT2D eigenvalue weighted by molar-refractivity contribution is 0.244. The Kier molecular flexibility index (Phi) is 2.98. The molecular formula is C14H20N4S. The van der Waals surface area contributed by atoms with E-state index in [1.165, 1.54) is 10.3 Å². The number of thiophene rings is 1. The lowest BCUT2D eigenvalue weighted by Crippen LogP contribution is -2.70. The van der Waals surface area contributed by atoms with E-state index >= 15 is 0 Å². The van der Waals surface area contributed by atoms with Crippen LogP contribution in [0.5, 0.6) is 0 Å². The molecule has 1 saturated heterocycles. The summed E-state index contributed by atoms with van der Waals surface area (Å²) in [6.07, 6.45) is 2.72. The first-order chi connectivity index (χ1) is 9.03. The van der Waals surface area contributed by atoms with Gasteiger partial charge in [0.1, 0.15) is 17.0 Å². The van der Waals surface area contributed by atoms with Gasteiger partial charge in [0, 0.05) is 18.0 Å². The molecule has 0 bridgehead atoms. The SMILES string of the molecule is CCc1cc2c(N3CC(N)(C(C)C)C3)ncnc2s1. The number of aryl methyl sites for hydroxylation is 1. The van der Waals surface area contributed by atoms with Gasteiger partial charge in [-0.2, -0.15) is 0 Å². The first-order valence-electron chi connectivity index (χ1n) is 6.81. The van der Waals surface area contributed by atoms with Gasteiger partial charge in [0.2, 0.25) is 0 Å². The van der Waals surface area contributed by atoms with Crippen molar-refractivity contribution < 1.29 is 0 Å². The summed E-state index contributed by atoms with van der Waals surface area (Å²) in [5.41, 5.74) is 6.30. The number of fused-ring (bicyclic) bond motifs is 1. The smallest absolute Gasteiger partial charge is 0.140 e. The van der Waals surface area contributed by atoms with E-state index in [9.17, 15) is 0 Å². The average molecular weight is 276 g/mol. The third-order valence-corrected chi connectivity index (χ3v) is 5.32. The molecule has 5 heteroatoms. The molecule has 2 aromatic rings. The molecule has 102 valence electrons. The molecule has 4 nitrogen and oxygen atoms in total. The molecule has 19 heavy (non-hydrogen) atoms. The number of nitrogens with two attached hydrogens (primary N) is 1. The van der Waals surface area contributed by atoms with E-state index < -0.39 is 0 Å². The third-order valence-electron chi connectivity index (χ3n) is 4.13. The molecule has 0 aromatic carbocycles. The highest BCUT2D eigenvalue weighted by Crippen LogP contribution is 2.36. The van der Waals surface area contributed by atoms with Gasteiger partial charge in [0.25, 0.3) is 0 Å². The zero-order valence-corrected chi connectivity index (χ0v) is 12.5. The monoisotopic (exact) mass is 276 g/mol. The number of hydrogen-bond acceptors (Lipinski definition) is 5.